The Bertz CT molecular complexity index is 479. The van der Waals surface area contributed by atoms with E-state index in [1.54, 1.807) is 11.6 Å². The van der Waals surface area contributed by atoms with Gasteiger partial charge in [-0.3, -0.25) is 9.40 Å². The molecule has 0 aliphatic rings. The van der Waals surface area contributed by atoms with Gasteiger partial charge in [0.15, 0.2) is 0 Å². The summed E-state index contributed by atoms with van der Waals surface area (Å²) >= 11 is 5.34. The van der Waals surface area contributed by atoms with Gasteiger partial charge in [-0.05, 0) is 27.7 Å². The highest BCUT2D eigenvalue weighted by molar-refractivity contribution is 7.93. The third-order valence-electron chi connectivity index (χ3n) is 2.22. The minimum Gasteiger partial charge on any atom is -0.279 e. The molecule has 1 aromatic heterocycles. The average Bonchev–Trinajstić information content (AvgIpc) is 2.45. The smallest absolute Gasteiger partial charge is 0.246 e. The largest absolute Gasteiger partial charge is 0.279 e. The maximum absolute atomic E-state index is 11.4. The van der Waals surface area contributed by atoms with Gasteiger partial charge in [-0.15, -0.1) is 11.6 Å². The van der Waals surface area contributed by atoms with Crippen LogP contribution < -0.4 is 4.72 Å². The fourth-order valence-electron chi connectivity index (χ4n) is 1.50. The number of aromatic nitrogens is 2. The van der Waals surface area contributed by atoms with E-state index in [0.29, 0.717) is 11.4 Å². The normalized spacial score (nSPS) is 12.1. The van der Waals surface area contributed by atoms with Gasteiger partial charge in [0, 0.05) is 6.04 Å². The molecule has 1 rings (SSSR count). The maximum Gasteiger partial charge on any atom is 0.246 e. The van der Waals surface area contributed by atoms with Gasteiger partial charge in [0.1, 0.15) is 5.21 Å². The number of anilines is 1. The van der Waals surface area contributed by atoms with Crippen LogP contribution in [0.25, 0.3) is 0 Å². The third kappa shape index (κ3) is 2.68. The highest BCUT2D eigenvalue weighted by Crippen LogP contribution is 2.23. The van der Waals surface area contributed by atoms with E-state index >= 15 is 0 Å². The van der Waals surface area contributed by atoms with Crippen molar-refractivity contribution in [2.45, 2.75) is 33.7 Å². The quantitative estimate of drug-likeness (QED) is 0.847. The van der Waals surface area contributed by atoms with E-state index in [-0.39, 0.29) is 6.04 Å². The number of nitrogens with one attached hydrogen (secondary N) is 1. The molecular formula is C9H16ClN3O2S. The van der Waals surface area contributed by atoms with Crippen LogP contribution in [0.3, 0.4) is 0 Å². The minimum absolute atomic E-state index is 0.188. The molecule has 0 radical (unpaired) electrons. The Hall–Kier alpha value is -0.750. The summed E-state index contributed by atoms with van der Waals surface area (Å²) in [7, 11) is -3.47. The standard InChI is InChI=1S/C9H16ClN3O2S/c1-6(2)13-8(4)9(7(3)11-13)12-16(14,15)5-10/h6,12H,5H2,1-4H3. The molecule has 1 aromatic rings. The lowest BCUT2D eigenvalue weighted by molar-refractivity contribution is 0.516. The molecule has 92 valence electrons. The molecule has 0 amide bonds. The van der Waals surface area contributed by atoms with Crippen LogP contribution in [0.1, 0.15) is 31.3 Å². The number of aryl methyl sites for hydroxylation is 1. The highest BCUT2D eigenvalue weighted by Gasteiger charge is 2.17. The molecular weight excluding hydrogens is 250 g/mol. The van der Waals surface area contributed by atoms with Gasteiger partial charge in [-0.25, -0.2) is 8.42 Å². The number of sulfonamides is 1. The van der Waals surface area contributed by atoms with E-state index in [2.05, 4.69) is 9.82 Å². The molecule has 5 nitrogen and oxygen atoms in total. The van der Waals surface area contributed by atoms with Crippen LogP contribution in [0.2, 0.25) is 0 Å². The second-order valence-corrected chi connectivity index (χ2v) is 6.22. The van der Waals surface area contributed by atoms with Gasteiger partial charge in [0.2, 0.25) is 10.0 Å². The van der Waals surface area contributed by atoms with Crippen molar-refractivity contribution < 1.29 is 8.42 Å². The van der Waals surface area contributed by atoms with Crippen LogP contribution in [-0.4, -0.2) is 23.4 Å². The minimum atomic E-state index is -3.47. The van der Waals surface area contributed by atoms with Crippen LogP contribution in [0.5, 0.6) is 0 Å². The maximum atomic E-state index is 11.4. The van der Waals surface area contributed by atoms with Crippen molar-refractivity contribution in [3.63, 3.8) is 0 Å². The molecule has 0 bridgehead atoms. The molecule has 16 heavy (non-hydrogen) atoms. The molecule has 0 spiro atoms. The van der Waals surface area contributed by atoms with E-state index < -0.39 is 15.2 Å². The number of alkyl halides is 1. The van der Waals surface area contributed by atoms with Crippen LogP contribution in [0, 0.1) is 13.8 Å². The number of halogens is 1. The van der Waals surface area contributed by atoms with Crippen LogP contribution in [0.15, 0.2) is 0 Å². The van der Waals surface area contributed by atoms with Gasteiger partial charge < -0.3 is 0 Å². The Balaban J connectivity index is 3.16. The van der Waals surface area contributed by atoms with Gasteiger partial charge in [0.05, 0.1) is 17.1 Å². The Kier molecular flexibility index (Phi) is 3.85. The van der Waals surface area contributed by atoms with Crippen molar-refractivity contribution in [3.8, 4) is 0 Å². The van der Waals surface area contributed by atoms with E-state index in [1.807, 2.05) is 20.8 Å². The zero-order valence-electron chi connectivity index (χ0n) is 9.78. The van der Waals surface area contributed by atoms with Crippen molar-refractivity contribution in [1.29, 1.82) is 0 Å². The summed E-state index contributed by atoms with van der Waals surface area (Å²) in [6.45, 7) is 7.56. The third-order valence-corrected chi connectivity index (χ3v) is 3.88. The zero-order valence-corrected chi connectivity index (χ0v) is 11.4. The van der Waals surface area contributed by atoms with E-state index in [9.17, 15) is 8.42 Å². The van der Waals surface area contributed by atoms with Gasteiger partial charge in [0.25, 0.3) is 0 Å². The molecule has 0 atom stereocenters. The van der Waals surface area contributed by atoms with Crippen LogP contribution in [0.4, 0.5) is 5.69 Å². The van der Waals surface area contributed by atoms with Crippen molar-refractivity contribution in [2.75, 3.05) is 9.93 Å². The van der Waals surface area contributed by atoms with Crippen molar-refractivity contribution in [2.24, 2.45) is 0 Å². The fraction of sp³-hybridized carbons (Fsp3) is 0.667. The number of hydrogen-bond donors (Lipinski definition) is 1. The van der Waals surface area contributed by atoms with Crippen molar-refractivity contribution in [1.82, 2.24) is 9.78 Å². The summed E-state index contributed by atoms with van der Waals surface area (Å²) in [5.74, 6) is 0. The first kappa shape index (κ1) is 13.3. The van der Waals surface area contributed by atoms with E-state index in [1.165, 1.54) is 0 Å². The zero-order chi connectivity index (χ0) is 12.5. The van der Waals surface area contributed by atoms with Gasteiger partial charge in [-0.1, -0.05) is 0 Å². The molecule has 0 saturated carbocycles. The lowest BCUT2D eigenvalue weighted by Crippen LogP contribution is -2.14. The van der Waals surface area contributed by atoms with Crippen LogP contribution in [-0.2, 0) is 10.0 Å². The first-order valence-electron chi connectivity index (χ1n) is 4.90. The molecule has 0 unspecified atom stereocenters. The van der Waals surface area contributed by atoms with Crippen LogP contribution >= 0.6 is 11.6 Å². The summed E-state index contributed by atoms with van der Waals surface area (Å²) in [6, 6.07) is 0.188. The molecule has 0 aliphatic heterocycles. The van der Waals surface area contributed by atoms with Gasteiger partial charge >= 0.3 is 0 Å². The Morgan fingerprint density at radius 3 is 2.38 bits per heavy atom. The molecule has 1 heterocycles. The van der Waals surface area contributed by atoms with Crippen molar-refractivity contribution >= 4 is 27.3 Å². The Morgan fingerprint density at radius 2 is 2.00 bits per heavy atom. The monoisotopic (exact) mass is 265 g/mol. The lowest BCUT2D eigenvalue weighted by atomic mass is 10.3. The SMILES string of the molecule is Cc1nn(C(C)C)c(C)c1NS(=O)(=O)CCl. The topological polar surface area (TPSA) is 64.0 Å². The number of hydrogen-bond acceptors (Lipinski definition) is 3. The van der Waals surface area contributed by atoms with Gasteiger partial charge in [-0.2, -0.15) is 5.10 Å². The second-order valence-electron chi connectivity index (χ2n) is 3.91. The first-order chi connectivity index (χ1) is 7.28. The molecule has 0 saturated heterocycles. The highest BCUT2D eigenvalue weighted by atomic mass is 35.5. The summed E-state index contributed by atoms with van der Waals surface area (Å²) in [6.07, 6.45) is 0. The number of rotatable bonds is 4. The number of nitrogens with zero attached hydrogens (tertiary/aromatic N) is 2. The summed E-state index contributed by atoms with van der Waals surface area (Å²) in [4.78, 5) is 0. The van der Waals surface area contributed by atoms with Crippen molar-refractivity contribution in [3.05, 3.63) is 11.4 Å². The molecule has 0 fully saturated rings. The molecule has 0 aromatic carbocycles. The first-order valence-corrected chi connectivity index (χ1v) is 7.09. The summed E-state index contributed by atoms with van der Waals surface area (Å²) in [5.41, 5.74) is 1.97. The average molecular weight is 266 g/mol. The summed E-state index contributed by atoms with van der Waals surface area (Å²) in [5, 5.41) is 3.82. The lowest BCUT2D eigenvalue weighted by Gasteiger charge is -2.09. The molecule has 1 N–H and O–H groups in total. The second kappa shape index (κ2) is 4.63. The van der Waals surface area contributed by atoms with E-state index in [4.69, 9.17) is 11.6 Å². The molecule has 0 aliphatic carbocycles. The Morgan fingerprint density at radius 1 is 1.44 bits per heavy atom. The summed E-state index contributed by atoms with van der Waals surface area (Å²) < 4.78 is 27.0. The predicted molar refractivity (Wildman–Crippen MR) is 65.3 cm³/mol. The Labute approximate surface area is 101 Å². The molecule has 7 heteroatoms. The predicted octanol–water partition coefficient (Wildman–Crippen LogP) is 2.02. The fourth-order valence-corrected chi connectivity index (χ4v) is 2.32. The van der Waals surface area contributed by atoms with E-state index in [0.717, 1.165) is 5.69 Å².